The Morgan fingerprint density at radius 1 is 1.29 bits per heavy atom. The van der Waals surface area contributed by atoms with Gasteiger partial charge in [-0.05, 0) is 48.2 Å². The number of imidazole rings is 1. The van der Waals surface area contributed by atoms with Crippen molar-refractivity contribution in [2.24, 2.45) is 0 Å². The summed E-state index contributed by atoms with van der Waals surface area (Å²) >= 11 is 0. The van der Waals surface area contributed by atoms with Crippen LogP contribution in [0.1, 0.15) is 33.9 Å². The van der Waals surface area contributed by atoms with Crippen LogP contribution in [0.2, 0.25) is 0 Å². The molecule has 0 aliphatic heterocycles. The van der Waals surface area contributed by atoms with E-state index in [1.807, 2.05) is 0 Å². The van der Waals surface area contributed by atoms with Crippen molar-refractivity contribution in [2.75, 3.05) is 0 Å². The zero-order valence-corrected chi connectivity index (χ0v) is 12.8. The maximum absolute atomic E-state index is 13.4. The number of pyridine rings is 1. The van der Waals surface area contributed by atoms with E-state index in [4.69, 9.17) is 0 Å². The van der Waals surface area contributed by atoms with Crippen molar-refractivity contribution < 1.29 is 9.18 Å². The Bertz CT molecular complexity index is 875. The van der Waals surface area contributed by atoms with Crippen LogP contribution in [-0.4, -0.2) is 20.4 Å². The minimum absolute atomic E-state index is 0.156. The van der Waals surface area contributed by atoms with Gasteiger partial charge in [0.2, 0.25) is 0 Å². The zero-order chi connectivity index (χ0) is 16.5. The molecule has 1 aromatic carbocycles. The molecule has 1 N–H and O–H groups in total. The summed E-state index contributed by atoms with van der Waals surface area (Å²) in [4.78, 5) is 20.7. The number of nitrogens with one attached hydrogen (secondary N) is 1. The Morgan fingerprint density at radius 3 is 2.96 bits per heavy atom. The number of halogens is 1. The maximum atomic E-state index is 13.4. The normalized spacial score (nSPS) is 16.0. The first-order valence-corrected chi connectivity index (χ1v) is 7.74. The van der Waals surface area contributed by atoms with Gasteiger partial charge in [-0.25, -0.2) is 14.4 Å². The molecule has 6 heteroatoms. The van der Waals surface area contributed by atoms with Crippen molar-refractivity contribution in [3.63, 3.8) is 0 Å². The molecule has 4 rings (SSSR count). The largest absolute Gasteiger partial charge is 0.345 e. The summed E-state index contributed by atoms with van der Waals surface area (Å²) in [7, 11) is 0. The van der Waals surface area contributed by atoms with E-state index in [0.29, 0.717) is 11.4 Å². The third kappa shape index (κ3) is 2.67. The highest BCUT2D eigenvalue weighted by molar-refractivity contribution is 5.94. The van der Waals surface area contributed by atoms with E-state index in [0.717, 1.165) is 24.0 Å². The molecule has 0 fully saturated rings. The van der Waals surface area contributed by atoms with Gasteiger partial charge in [0.1, 0.15) is 18.0 Å². The highest BCUT2D eigenvalue weighted by atomic mass is 19.1. The number of amides is 1. The molecule has 2 aromatic heterocycles. The van der Waals surface area contributed by atoms with E-state index < -0.39 is 0 Å². The van der Waals surface area contributed by atoms with Crippen molar-refractivity contribution in [3.05, 3.63) is 77.8 Å². The summed E-state index contributed by atoms with van der Waals surface area (Å²) < 4.78 is 15.2. The fourth-order valence-corrected chi connectivity index (χ4v) is 3.03. The van der Waals surface area contributed by atoms with Gasteiger partial charge in [0.25, 0.3) is 5.91 Å². The van der Waals surface area contributed by atoms with Gasteiger partial charge in [0.15, 0.2) is 0 Å². The lowest BCUT2D eigenvalue weighted by Crippen LogP contribution is -2.27. The van der Waals surface area contributed by atoms with E-state index in [2.05, 4.69) is 15.3 Å². The van der Waals surface area contributed by atoms with Crippen LogP contribution in [0.4, 0.5) is 4.39 Å². The molecule has 0 spiro atoms. The maximum Gasteiger partial charge on any atom is 0.253 e. The smallest absolute Gasteiger partial charge is 0.253 e. The lowest BCUT2D eigenvalue weighted by Gasteiger charge is -2.14. The van der Waals surface area contributed by atoms with Crippen molar-refractivity contribution in [1.82, 2.24) is 19.9 Å². The van der Waals surface area contributed by atoms with Crippen molar-refractivity contribution in [1.29, 1.82) is 0 Å². The quantitative estimate of drug-likeness (QED) is 0.806. The van der Waals surface area contributed by atoms with Crippen LogP contribution >= 0.6 is 0 Å². The van der Waals surface area contributed by atoms with Crippen LogP contribution < -0.4 is 5.32 Å². The topological polar surface area (TPSA) is 59.8 Å². The predicted octanol–water partition coefficient (Wildman–Crippen LogP) is 2.82. The van der Waals surface area contributed by atoms with Crippen LogP contribution in [0.5, 0.6) is 0 Å². The first-order chi connectivity index (χ1) is 11.7. The lowest BCUT2D eigenvalue weighted by molar-refractivity contribution is 0.0936. The van der Waals surface area contributed by atoms with Crippen LogP contribution in [0.15, 0.2) is 55.2 Å². The molecular formula is C18H15FN4O. The molecule has 0 bridgehead atoms. The van der Waals surface area contributed by atoms with E-state index in [1.165, 1.54) is 18.3 Å². The summed E-state index contributed by atoms with van der Waals surface area (Å²) in [6.45, 7) is 0. The highest BCUT2D eigenvalue weighted by Gasteiger charge is 2.24. The van der Waals surface area contributed by atoms with E-state index in [9.17, 15) is 9.18 Å². The number of hydrogen-bond donors (Lipinski definition) is 1. The van der Waals surface area contributed by atoms with Crippen molar-refractivity contribution in [2.45, 2.75) is 18.9 Å². The van der Waals surface area contributed by atoms with Gasteiger partial charge < -0.3 is 5.32 Å². The van der Waals surface area contributed by atoms with Gasteiger partial charge in [0, 0.05) is 18.6 Å². The number of aryl methyl sites for hydroxylation is 1. The lowest BCUT2D eigenvalue weighted by atomic mass is 10.1. The molecule has 1 aliphatic rings. The van der Waals surface area contributed by atoms with Gasteiger partial charge in [-0.15, -0.1) is 0 Å². The van der Waals surface area contributed by atoms with Crippen LogP contribution in [-0.2, 0) is 6.42 Å². The Morgan fingerprint density at radius 2 is 2.21 bits per heavy atom. The molecule has 0 saturated carbocycles. The molecule has 1 amide bonds. The predicted molar refractivity (Wildman–Crippen MR) is 86.3 cm³/mol. The number of rotatable bonds is 3. The van der Waals surface area contributed by atoms with Crippen LogP contribution in [0.25, 0.3) is 5.82 Å². The Hall–Kier alpha value is -3.02. The molecule has 120 valence electrons. The monoisotopic (exact) mass is 322 g/mol. The van der Waals surface area contributed by atoms with E-state index in [1.54, 1.807) is 41.5 Å². The average Bonchev–Trinajstić information content (AvgIpc) is 3.25. The van der Waals surface area contributed by atoms with Gasteiger partial charge in [0.05, 0.1) is 11.6 Å². The fourth-order valence-electron chi connectivity index (χ4n) is 3.03. The first kappa shape index (κ1) is 14.6. The van der Waals surface area contributed by atoms with Crippen molar-refractivity contribution >= 4 is 5.91 Å². The van der Waals surface area contributed by atoms with Gasteiger partial charge >= 0.3 is 0 Å². The summed E-state index contributed by atoms with van der Waals surface area (Å²) in [6, 6.07) is 8.09. The number of nitrogens with zero attached hydrogens (tertiary/aromatic N) is 3. The summed E-state index contributed by atoms with van der Waals surface area (Å²) in [5, 5.41) is 2.97. The second kappa shape index (κ2) is 5.88. The minimum Gasteiger partial charge on any atom is -0.345 e. The molecule has 2 heterocycles. The van der Waals surface area contributed by atoms with Crippen LogP contribution in [0.3, 0.4) is 0 Å². The first-order valence-electron chi connectivity index (χ1n) is 7.74. The molecular weight excluding hydrogens is 307 g/mol. The summed E-state index contributed by atoms with van der Waals surface area (Å²) in [5.74, 6) is 0.209. The van der Waals surface area contributed by atoms with E-state index >= 15 is 0 Å². The zero-order valence-electron chi connectivity index (χ0n) is 12.8. The van der Waals surface area contributed by atoms with Gasteiger partial charge in [-0.1, -0.05) is 6.07 Å². The number of aromatic nitrogens is 3. The second-order valence-corrected chi connectivity index (χ2v) is 5.78. The molecule has 3 aromatic rings. The number of fused-ring (bicyclic) bond motifs is 1. The van der Waals surface area contributed by atoms with Crippen LogP contribution in [0, 0.1) is 5.82 Å². The second-order valence-electron chi connectivity index (χ2n) is 5.78. The summed E-state index contributed by atoms with van der Waals surface area (Å²) in [6.07, 6.45) is 8.26. The molecule has 0 radical (unpaired) electrons. The molecule has 1 unspecified atom stereocenters. The molecule has 5 nitrogen and oxygen atoms in total. The Labute approximate surface area is 138 Å². The molecule has 1 aliphatic carbocycles. The Balaban J connectivity index is 1.50. The minimum atomic E-state index is -0.277. The van der Waals surface area contributed by atoms with Gasteiger partial charge in [-0.3, -0.25) is 9.36 Å². The highest BCUT2D eigenvalue weighted by Crippen LogP contribution is 2.31. The number of hydrogen-bond acceptors (Lipinski definition) is 3. The Kier molecular flexibility index (Phi) is 3.57. The third-order valence-electron chi connectivity index (χ3n) is 4.27. The molecule has 0 saturated heterocycles. The average molecular weight is 322 g/mol. The number of carbonyl (C=O) groups is 1. The SMILES string of the molecule is O=C(NC1CCc2ccc(F)cc21)c1ccc(-n2ccnc2)nc1. The number of carbonyl (C=O) groups excluding carboxylic acids is 1. The molecule has 24 heavy (non-hydrogen) atoms. The van der Waals surface area contributed by atoms with Gasteiger partial charge in [-0.2, -0.15) is 0 Å². The van der Waals surface area contributed by atoms with E-state index in [-0.39, 0.29) is 17.8 Å². The standard InChI is InChI=1S/C18H15FN4O/c19-14-4-1-12-2-5-16(15(12)9-14)22-18(24)13-3-6-17(21-10-13)23-8-7-20-11-23/h1,3-4,6-11,16H,2,5H2,(H,22,24). The fraction of sp³-hybridized carbons (Fsp3) is 0.167. The van der Waals surface area contributed by atoms with Crippen molar-refractivity contribution in [3.8, 4) is 5.82 Å². The number of benzene rings is 1. The molecule has 1 atom stereocenters. The summed E-state index contributed by atoms with van der Waals surface area (Å²) in [5.41, 5.74) is 2.44. The third-order valence-corrected chi connectivity index (χ3v) is 4.27.